The zero-order valence-electron chi connectivity index (χ0n) is 15.6. The van der Waals surface area contributed by atoms with Gasteiger partial charge in [0.15, 0.2) is 11.5 Å². The van der Waals surface area contributed by atoms with Crippen molar-refractivity contribution in [2.24, 2.45) is 5.92 Å². The molecule has 0 spiro atoms. The predicted molar refractivity (Wildman–Crippen MR) is 102 cm³/mol. The lowest BCUT2D eigenvalue weighted by atomic mass is 9.99. The first-order chi connectivity index (χ1) is 13.6. The molecule has 3 rings (SSSR count). The molecule has 1 aliphatic heterocycles. The van der Waals surface area contributed by atoms with E-state index in [0.717, 1.165) is 44.1 Å². The van der Waals surface area contributed by atoms with Gasteiger partial charge in [0, 0.05) is 0 Å². The van der Waals surface area contributed by atoms with Crippen LogP contribution in [-0.4, -0.2) is 26.1 Å². The fourth-order valence-electron chi connectivity index (χ4n) is 3.14. The van der Waals surface area contributed by atoms with Crippen molar-refractivity contribution in [2.45, 2.75) is 25.4 Å². The largest absolute Gasteiger partial charge is 0.573 e. The van der Waals surface area contributed by atoms with Gasteiger partial charge in [-0.05, 0) is 67.2 Å². The maximum Gasteiger partial charge on any atom is 0.573 e. The van der Waals surface area contributed by atoms with Gasteiger partial charge in [-0.15, -0.1) is 25.6 Å². The van der Waals surface area contributed by atoms with Gasteiger partial charge in [-0.25, -0.2) is 0 Å². The minimum Gasteiger partial charge on any atom is -0.489 e. The Bertz CT molecular complexity index is 835. The highest BCUT2D eigenvalue weighted by molar-refractivity contribution is 5.85. The van der Waals surface area contributed by atoms with E-state index in [1.807, 2.05) is 0 Å². The van der Waals surface area contributed by atoms with Crippen LogP contribution in [0.15, 0.2) is 42.5 Å². The van der Waals surface area contributed by atoms with Crippen LogP contribution >= 0.6 is 12.4 Å². The maximum atomic E-state index is 13.0. The van der Waals surface area contributed by atoms with Gasteiger partial charge in [0.1, 0.15) is 0 Å². The summed E-state index contributed by atoms with van der Waals surface area (Å²) in [5, 5.41) is 3.18. The third-order valence-corrected chi connectivity index (χ3v) is 4.63. The summed E-state index contributed by atoms with van der Waals surface area (Å²) in [4.78, 5) is 0. The van der Waals surface area contributed by atoms with Crippen LogP contribution in [0.4, 0.5) is 26.3 Å². The van der Waals surface area contributed by atoms with Crippen LogP contribution in [0.25, 0.3) is 11.1 Å². The van der Waals surface area contributed by atoms with Gasteiger partial charge >= 0.3 is 12.5 Å². The molecule has 0 unspecified atom stereocenters. The van der Waals surface area contributed by atoms with Gasteiger partial charge in [0.05, 0.1) is 12.2 Å². The highest BCUT2D eigenvalue weighted by Crippen LogP contribution is 2.38. The fourth-order valence-corrected chi connectivity index (χ4v) is 3.14. The van der Waals surface area contributed by atoms with E-state index in [9.17, 15) is 26.3 Å². The number of piperidine rings is 1. The Morgan fingerprint density at radius 3 is 2.17 bits per heavy atom. The van der Waals surface area contributed by atoms with Crippen LogP contribution in [0.1, 0.15) is 18.4 Å². The second-order valence-corrected chi connectivity index (χ2v) is 6.79. The molecule has 0 saturated carbocycles. The zero-order valence-corrected chi connectivity index (χ0v) is 16.5. The molecule has 2 aromatic carbocycles. The molecule has 0 radical (unpaired) electrons. The third kappa shape index (κ3) is 6.70. The summed E-state index contributed by atoms with van der Waals surface area (Å²) in [6, 6.07) is 8.17. The number of rotatable bonds is 5. The SMILES string of the molecule is Cl.FC(F)(F)Oc1ccc(-c2cccc(C(F)(F)F)c2)cc1OCC1CCNCC1. The van der Waals surface area contributed by atoms with Gasteiger partial charge in [-0.2, -0.15) is 13.2 Å². The molecule has 0 amide bonds. The molecule has 0 aromatic heterocycles. The van der Waals surface area contributed by atoms with Crippen molar-refractivity contribution < 1.29 is 35.8 Å². The molecule has 1 aliphatic rings. The van der Waals surface area contributed by atoms with Gasteiger partial charge < -0.3 is 14.8 Å². The highest BCUT2D eigenvalue weighted by Gasteiger charge is 2.33. The Labute approximate surface area is 175 Å². The van der Waals surface area contributed by atoms with Crippen LogP contribution in [-0.2, 0) is 6.18 Å². The standard InChI is InChI=1S/C20H19F6NO2.ClH/c21-19(22,23)16-3-1-2-14(10-16)15-4-5-17(29-20(24,25)26)18(11-15)28-12-13-6-8-27-9-7-13;/h1-5,10-11,13,27H,6-9,12H2;1H. The summed E-state index contributed by atoms with van der Waals surface area (Å²) in [6.07, 6.45) is -7.79. The summed E-state index contributed by atoms with van der Waals surface area (Å²) < 4.78 is 86.7. The van der Waals surface area contributed by atoms with E-state index in [2.05, 4.69) is 10.1 Å². The van der Waals surface area contributed by atoms with Crippen molar-refractivity contribution in [3.8, 4) is 22.6 Å². The summed E-state index contributed by atoms with van der Waals surface area (Å²) in [5.41, 5.74) is -0.334. The molecule has 1 saturated heterocycles. The Morgan fingerprint density at radius 1 is 0.867 bits per heavy atom. The highest BCUT2D eigenvalue weighted by atomic mass is 35.5. The molecule has 1 N–H and O–H groups in total. The minimum atomic E-state index is -4.91. The first-order valence-electron chi connectivity index (χ1n) is 9.03. The molecular weight excluding hydrogens is 436 g/mol. The van der Waals surface area contributed by atoms with Crippen molar-refractivity contribution in [3.05, 3.63) is 48.0 Å². The summed E-state index contributed by atoms with van der Waals surface area (Å²) >= 11 is 0. The Balaban J connectivity index is 0.00000320. The van der Waals surface area contributed by atoms with Crippen LogP contribution in [0, 0.1) is 5.92 Å². The lowest BCUT2D eigenvalue weighted by Crippen LogP contribution is -2.30. The normalized spacial score (nSPS) is 15.4. The van der Waals surface area contributed by atoms with E-state index in [0.29, 0.717) is 5.56 Å². The Morgan fingerprint density at radius 2 is 1.53 bits per heavy atom. The number of benzene rings is 2. The summed E-state index contributed by atoms with van der Waals surface area (Å²) in [6.45, 7) is 1.79. The molecule has 0 atom stereocenters. The van der Waals surface area contributed by atoms with Crippen molar-refractivity contribution in [2.75, 3.05) is 19.7 Å². The van der Waals surface area contributed by atoms with Crippen LogP contribution in [0.3, 0.4) is 0 Å². The first-order valence-corrected chi connectivity index (χ1v) is 9.03. The maximum absolute atomic E-state index is 13.0. The quantitative estimate of drug-likeness (QED) is 0.555. The second kappa shape index (κ2) is 9.78. The number of hydrogen-bond acceptors (Lipinski definition) is 3. The number of ether oxygens (including phenoxy) is 2. The van der Waals surface area contributed by atoms with Gasteiger partial charge in [0.25, 0.3) is 0 Å². The number of halogens is 7. The number of hydrogen-bond donors (Lipinski definition) is 1. The van der Waals surface area contributed by atoms with E-state index >= 15 is 0 Å². The molecule has 1 fully saturated rings. The smallest absolute Gasteiger partial charge is 0.489 e. The van der Waals surface area contributed by atoms with E-state index < -0.39 is 23.9 Å². The Kier molecular flexibility index (Phi) is 7.87. The second-order valence-electron chi connectivity index (χ2n) is 6.79. The Hall–Kier alpha value is -2.13. The average molecular weight is 456 g/mol. The molecule has 2 aromatic rings. The van der Waals surface area contributed by atoms with E-state index in [4.69, 9.17) is 4.74 Å². The van der Waals surface area contributed by atoms with Crippen molar-refractivity contribution in [3.63, 3.8) is 0 Å². The van der Waals surface area contributed by atoms with Crippen LogP contribution in [0.2, 0.25) is 0 Å². The average Bonchev–Trinajstić information content (AvgIpc) is 2.66. The van der Waals surface area contributed by atoms with Gasteiger partial charge in [0.2, 0.25) is 0 Å². The van der Waals surface area contributed by atoms with Gasteiger partial charge in [-0.1, -0.05) is 18.2 Å². The summed E-state index contributed by atoms with van der Waals surface area (Å²) in [5.74, 6) is -0.509. The molecular formula is C20H20ClF6NO2. The minimum absolute atomic E-state index is 0. The lowest BCUT2D eigenvalue weighted by molar-refractivity contribution is -0.275. The van der Waals surface area contributed by atoms with Crippen LogP contribution in [0.5, 0.6) is 11.5 Å². The van der Waals surface area contributed by atoms with Gasteiger partial charge in [-0.3, -0.25) is 0 Å². The first kappa shape index (κ1) is 24.1. The topological polar surface area (TPSA) is 30.5 Å². The predicted octanol–water partition coefficient (Wildman–Crippen LogP) is 6.07. The number of nitrogens with one attached hydrogen (secondary N) is 1. The van der Waals surface area contributed by atoms with E-state index in [1.165, 1.54) is 24.3 Å². The van der Waals surface area contributed by atoms with Crippen molar-refractivity contribution in [1.82, 2.24) is 5.32 Å². The fraction of sp³-hybridized carbons (Fsp3) is 0.400. The third-order valence-electron chi connectivity index (χ3n) is 4.63. The molecule has 0 bridgehead atoms. The summed E-state index contributed by atoms with van der Waals surface area (Å²) in [7, 11) is 0. The van der Waals surface area contributed by atoms with Crippen LogP contribution < -0.4 is 14.8 Å². The van der Waals surface area contributed by atoms with Crippen molar-refractivity contribution >= 4 is 12.4 Å². The zero-order chi connectivity index (χ0) is 21.1. The van der Waals surface area contributed by atoms with E-state index in [-0.39, 0.29) is 36.2 Å². The molecule has 0 aliphatic carbocycles. The molecule has 30 heavy (non-hydrogen) atoms. The van der Waals surface area contributed by atoms with E-state index in [1.54, 1.807) is 0 Å². The molecule has 10 heteroatoms. The molecule has 1 heterocycles. The van der Waals surface area contributed by atoms with Crippen molar-refractivity contribution in [1.29, 1.82) is 0 Å². The lowest BCUT2D eigenvalue weighted by Gasteiger charge is -2.23. The number of alkyl halides is 6. The molecule has 166 valence electrons. The molecule has 3 nitrogen and oxygen atoms in total. The monoisotopic (exact) mass is 455 g/mol.